The van der Waals surface area contributed by atoms with Crippen LogP contribution in [-0.4, -0.2) is 33.0 Å². The number of aromatic nitrogens is 3. The summed E-state index contributed by atoms with van der Waals surface area (Å²) in [5.74, 6) is 1.44. The fourth-order valence-electron chi connectivity index (χ4n) is 3.30. The number of carbonyl (C=O) groups is 1. The van der Waals surface area contributed by atoms with Gasteiger partial charge >= 0.3 is 0 Å². The molecule has 0 saturated heterocycles. The molecule has 0 aliphatic carbocycles. The first-order valence-corrected chi connectivity index (χ1v) is 10.8. The number of hydrogen-bond acceptors (Lipinski definition) is 6. The molecule has 9 heteroatoms. The molecule has 0 fully saturated rings. The number of rotatable bonds is 7. The van der Waals surface area contributed by atoms with Crippen LogP contribution in [0.5, 0.6) is 11.5 Å². The van der Waals surface area contributed by atoms with Crippen molar-refractivity contribution in [2.24, 2.45) is 0 Å². The number of fused-ring (bicyclic) bond motifs is 2. The fraction of sp³-hybridized carbons (Fsp3) is 0.381. The van der Waals surface area contributed by atoms with E-state index in [2.05, 4.69) is 15.3 Å². The van der Waals surface area contributed by atoms with Crippen LogP contribution in [0.2, 0.25) is 0 Å². The van der Waals surface area contributed by atoms with E-state index in [0.717, 1.165) is 17.7 Å². The third kappa shape index (κ3) is 4.02. The Morgan fingerprint density at radius 1 is 1.33 bits per heavy atom. The van der Waals surface area contributed by atoms with Gasteiger partial charge in [0.1, 0.15) is 5.52 Å². The van der Waals surface area contributed by atoms with Gasteiger partial charge in [-0.05, 0) is 44.0 Å². The number of hydrogen-bond donors (Lipinski definition) is 2. The number of thioether (sulfide) groups is 1. The molecule has 3 heterocycles. The highest BCUT2D eigenvalue weighted by Gasteiger charge is 2.18. The minimum atomic E-state index is -0.132. The van der Waals surface area contributed by atoms with Crippen molar-refractivity contribution in [3.63, 3.8) is 0 Å². The van der Waals surface area contributed by atoms with Gasteiger partial charge in [-0.3, -0.25) is 14.2 Å². The second-order valence-corrected chi connectivity index (χ2v) is 8.23. The molecule has 1 atom stereocenters. The summed E-state index contributed by atoms with van der Waals surface area (Å²) in [5.41, 5.74) is 2.83. The smallest absolute Gasteiger partial charge is 0.278 e. The minimum absolute atomic E-state index is 0.0165. The van der Waals surface area contributed by atoms with Crippen molar-refractivity contribution in [3.05, 3.63) is 45.9 Å². The Morgan fingerprint density at radius 2 is 2.13 bits per heavy atom. The summed E-state index contributed by atoms with van der Waals surface area (Å²) in [5, 5.41) is 3.46. The lowest BCUT2D eigenvalue weighted by Gasteiger charge is -2.17. The third-order valence-electron chi connectivity index (χ3n) is 5.08. The van der Waals surface area contributed by atoms with Gasteiger partial charge in [-0.2, -0.15) is 0 Å². The van der Waals surface area contributed by atoms with Crippen LogP contribution in [0.25, 0.3) is 11.0 Å². The molecule has 1 aliphatic rings. The van der Waals surface area contributed by atoms with E-state index >= 15 is 0 Å². The Kier molecular flexibility index (Phi) is 5.72. The van der Waals surface area contributed by atoms with Crippen molar-refractivity contribution >= 4 is 28.7 Å². The quantitative estimate of drug-likeness (QED) is 0.443. The monoisotopic (exact) mass is 428 g/mol. The zero-order chi connectivity index (χ0) is 21.3. The van der Waals surface area contributed by atoms with E-state index in [4.69, 9.17) is 9.47 Å². The number of aryl methyl sites for hydroxylation is 1. The van der Waals surface area contributed by atoms with Gasteiger partial charge in [-0.15, -0.1) is 0 Å². The van der Waals surface area contributed by atoms with Crippen LogP contribution in [0.3, 0.4) is 0 Å². The van der Waals surface area contributed by atoms with Crippen LogP contribution >= 0.6 is 11.8 Å². The summed E-state index contributed by atoms with van der Waals surface area (Å²) in [6, 6.07) is 7.42. The predicted octanol–water partition coefficient (Wildman–Crippen LogP) is 3.14. The molecule has 0 bridgehead atoms. The molecule has 158 valence electrons. The number of benzene rings is 1. The summed E-state index contributed by atoms with van der Waals surface area (Å²) in [7, 11) is 0. The molecule has 2 aromatic heterocycles. The standard InChI is InChI=1S/C21H24N4O4S/c1-4-13(3)25-20(27)19-15(7-12(2)23-19)24-21(25)30-10-18(26)22-9-14-5-6-16-17(8-14)29-11-28-16/h5-8,13,23H,4,9-11H2,1-3H3,(H,22,26)/t13-/m1/s1. The van der Waals surface area contributed by atoms with Crippen LogP contribution in [-0.2, 0) is 11.3 Å². The summed E-state index contributed by atoms with van der Waals surface area (Å²) >= 11 is 1.27. The summed E-state index contributed by atoms with van der Waals surface area (Å²) in [4.78, 5) is 33.1. The summed E-state index contributed by atoms with van der Waals surface area (Å²) in [6.07, 6.45) is 0.788. The maximum atomic E-state index is 13.0. The average Bonchev–Trinajstić information content (AvgIpc) is 3.35. The molecule has 0 radical (unpaired) electrons. The Hall–Kier alpha value is -2.94. The molecular formula is C21H24N4O4S. The molecule has 4 rings (SSSR count). The predicted molar refractivity (Wildman–Crippen MR) is 115 cm³/mol. The van der Waals surface area contributed by atoms with Gasteiger partial charge in [0.2, 0.25) is 12.7 Å². The van der Waals surface area contributed by atoms with Gasteiger partial charge in [0.15, 0.2) is 16.7 Å². The van der Waals surface area contributed by atoms with E-state index in [1.807, 2.05) is 45.0 Å². The number of amides is 1. The van der Waals surface area contributed by atoms with Crippen LogP contribution in [0.15, 0.2) is 34.2 Å². The van der Waals surface area contributed by atoms with Gasteiger partial charge in [-0.1, -0.05) is 24.8 Å². The van der Waals surface area contributed by atoms with Gasteiger partial charge in [0.05, 0.1) is 11.3 Å². The Labute approximate surface area is 178 Å². The van der Waals surface area contributed by atoms with Gasteiger partial charge in [0, 0.05) is 18.3 Å². The van der Waals surface area contributed by atoms with E-state index in [1.54, 1.807) is 4.57 Å². The van der Waals surface area contributed by atoms with Crippen molar-refractivity contribution in [2.75, 3.05) is 12.5 Å². The molecule has 1 aliphatic heterocycles. The molecular weight excluding hydrogens is 404 g/mol. The summed E-state index contributed by atoms with van der Waals surface area (Å²) < 4.78 is 12.3. The summed E-state index contributed by atoms with van der Waals surface area (Å²) in [6.45, 7) is 6.50. The SMILES string of the molecule is CC[C@@H](C)n1c(SCC(=O)NCc2ccc3c(c2)OCO3)nc2cc(C)[nH]c2c1=O. The van der Waals surface area contributed by atoms with Crippen LogP contribution in [0.1, 0.15) is 37.6 Å². The molecule has 0 saturated carbocycles. The molecule has 0 spiro atoms. The molecule has 0 unspecified atom stereocenters. The number of H-pyrrole nitrogens is 1. The Bertz CT molecular complexity index is 1150. The highest BCUT2D eigenvalue weighted by Crippen LogP contribution is 2.32. The average molecular weight is 429 g/mol. The molecule has 2 N–H and O–H groups in total. The lowest BCUT2D eigenvalue weighted by molar-refractivity contribution is -0.118. The van der Waals surface area contributed by atoms with Crippen molar-refractivity contribution < 1.29 is 14.3 Å². The van der Waals surface area contributed by atoms with Gasteiger partial charge in [0.25, 0.3) is 5.56 Å². The number of nitrogens with one attached hydrogen (secondary N) is 2. The lowest BCUT2D eigenvalue weighted by atomic mass is 10.2. The molecule has 3 aromatic rings. The number of carbonyl (C=O) groups excluding carboxylic acids is 1. The zero-order valence-corrected chi connectivity index (χ0v) is 18.0. The first-order valence-electron chi connectivity index (χ1n) is 9.86. The third-order valence-corrected chi connectivity index (χ3v) is 6.03. The number of ether oxygens (including phenoxy) is 2. The molecule has 8 nitrogen and oxygen atoms in total. The maximum absolute atomic E-state index is 13.0. The normalized spacial score (nSPS) is 13.6. The van der Waals surface area contributed by atoms with Crippen molar-refractivity contribution in [3.8, 4) is 11.5 Å². The number of aromatic amines is 1. The van der Waals surface area contributed by atoms with E-state index < -0.39 is 0 Å². The van der Waals surface area contributed by atoms with Gasteiger partial charge in [-0.25, -0.2) is 4.98 Å². The topological polar surface area (TPSA) is 98.2 Å². The maximum Gasteiger partial charge on any atom is 0.278 e. The van der Waals surface area contributed by atoms with E-state index in [9.17, 15) is 9.59 Å². The van der Waals surface area contributed by atoms with Crippen LogP contribution < -0.4 is 20.3 Å². The lowest BCUT2D eigenvalue weighted by Crippen LogP contribution is -2.28. The van der Waals surface area contributed by atoms with Crippen molar-refractivity contribution in [1.29, 1.82) is 0 Å². The molecule has 30 heavy (non-hydrogen) atoms. The molecule has 1 amide bonds. The van der Waals surface area contributed by atoms with Gasteiger partial charge < -0.3 is 19.8 Å². The van der Waals surface area contributed by atoms with E-state index in [1.165, 1.54) is 11.8 Å². The Morgan fingerprint density at radius 3 is 2.93 bits per heavy atom. The highest BCUT2D eigenvalue weighted by molar-refractivity contribution is 7.99. The van der Waals surface area contributed by atoms with Crippen molar-refractivity contribution in [2.45, 2.75) is 44.9 Å². The van der Waals surface area contributed by atoms with E-state index in [0.29, 0.717) is 34.2 Å². The highest BCUT2D eigenvalue weighted by atomic mass is 32.2. The fourth-order valence-corrected chi connectivity index (χ4v) is 4.22. The van der Waals surface area contributed by atoms with Crippen LogP contribution in [0, 0.1) is 6.92 Å². The second kappa shape index (κ2) is 8.43. The zero-order valence-electron chi connectivity index (χ0n) is 17.2. The van der Waals surface area contributed by atoms with Crippen molar-refractivity contribution in [1.82, 2.24) is 19.9 Å². The first-order chi connectivity index (χ1) is 14.5. The molecule has 1 aromatic carbocycles. The second-order valence-electron chi connectivity index (χ2n) is 7.29. The Balaban J connectivity index is 1.46. The number of nitrogens with zero attached hydrogens (tertiary/aromatic N) is 2. The van der Waals surface area contributed by atoms with E-state index in [-0.39, 0.29) is 30.1 Å². The largest absolute Gasteiger partial charge is 0.454 e. The minimum Gasteiger partial charge on any atom is -0.454 e. The van der Waals surface area contributed by atoms with Crippen LogP contribution in [0.4, 0.5) is 0 Å². The first kappa shape index (κ1) is 20.3.